The molecule has 0 spiro atoms. The molecule has 0 atom stereocenters. The third-order valence-electron chi connectivity index (χ3n) is 3.64. The second-order valence-electron chi connectivity index (χ2n) is 5.56. The predicted octanol–water partition coefficient (Wildman–Crippen LogP) is 2.67. The first-order valence-electron chi connectivity index (χ1n) is 7.61. The van der Waals surface area contributed by atoms with Gasteiger partial charge in [0.1, 0.15) is 0 Å². The van der Waals surface area contributed by atoms with Crippen LogP contribution in [0.3, 0.4) is 0 Å². The molecule has 0 saturated heterocycles. The first kappa shape index (κ1) is 20.2. The van der Waals surface area contributed by atoms with E-state index in [-0.39, 0.29) is 19.5 Å². The second-order valence-corrected chi connectivity index (χ2v) is 7.41. The average molecular weight is 508 g/mol. The van der Waals surface area contributed by atoms with Crippen LogP contribution in [0.1, 0.15) is 11.4 Å². The molecule has 2 aromatic heterocycles. The summed E-state index contributed by atoms with van der Waals surface area (Å²) in [5.41, 5.74) is 4.26. The smallest absolute Gasteiger partial charge is 0 e. The van der Waals surface area contributed by atoms with Gasteiger partial charge in [0, 0.05) is 19.5 Å². The van der Waals surface area contributed by atoms with E-state index in [1.54, 1.807) is 0 Å². The third-order valence-corrected chi connectivity index (χ3v) is 5.03. The minimum absolute atomic E-state index is 0. The van der Waals surface area contributed by atoms with Gasteiger partial charge >= 0.3 is 159 Å². The quantitative estimate of drug-likeness (QED) is 0.342. The number of para-hydroxylation sites is 2. The van der Waals surface area contributed by atoms with Crippen molar-refractivity contribution in [1.82, 2.24) is 9.97 Å². The Bertz CT molecular complexity index is 936. The fourth-order valence-corrected chi connectivity index (χ4v) is 3.45. The van der Waals surface area contributed by atoms with Crippen LogP contribution in [0.5, 0.6) is 0 Å². The van der Waals surface area contributed by atoms with Crippen LogP contribution in [-0.4, -0.2) is 42.0 Å². The van der Waals surface area contributed by atoms with E-state index in [0.717, 1.165) is 31.3 Å². The van der Waals surface area contributed by atoms with Gasteiger partial charge in [0.15, 0.2) is 0 Å². The van der Waals surface area contributed by atoms with Gasteiger partial charge in [-0.2, -0.15) is 0 Å². The third kappa shape index (κ3) is 4.97. The Kier molecular flexibility index (Phi) is 7.31. The molecule has 25 heavy (non-hydrogen) atoms. The fraction of sp³-hybridized carbons (Fsp3) is 0.100. The molecular weight excluding hydrogens is 492 g/mol. The Morgan fingerprint density at radius 1 is 0.600 bits per heavy atom. The van der Waals surface area contributed by atoms with Crippen LogP contribution in [0.25, 0.3) is 21.8 Å². The topological polar surface area (TPSA) is 25.8 Å². The molecule has 0 aliphatic rings. The van der Waals surface area contributed by atoms with Gasteiger partial charge in [0.05, 0.1) is 0 Å². The largest absolute Gasteiger partial charge is 0 e. The van der Waals surface area contributed by atoms with Gasteiger partial charge in [-0.1, -0.05) is 0 Å². The van der Waals surface area contributed by atoms with Gasteiger partial charge in [-0.15, -0.1) is 0 Å². The molecule has 0 aliphatic heterocycles. The molecule has 120 valence electrons. The zero-order chi connectivity index (χ0) is 17.1. The van der Waals surface area contributed by atoms with E-state index in [2.05, 4.69) is 66.3 Å². The van der Waals surface area contributed by atoms with Crippen molar-refractivity contribution in [3.8, 4) is 0 Å². The van der Waals surface area contributed by atoms with Crippen molar-refractivity contribution in [2.75, 3.05) is 0 Å². The summed E-state index contributed by atoms with van der Waals surface area (Å²) in [5.74, 6) is 0. The number of hydrogen-bond acceptors (Lipinski definition) is 2. The van der Waals surface area contributed by atoms with Crippen molar-refractivity contribution in [3.05, 3.63) is 72.1 Å². The summed E-state index contributed by atoms with van der Waals surface area (Å²) >= 11 is 6.02. The van der Waals surface area contributed by atoms with Gasteiger partial charge in [-0.25, -0.2) is 0 Å². The van der Waals surface area contributed by atoms with Crippen LogP contribution in [0.2, 0.25) is 0 Å². The molecule has 4 rings (SSSR count). The van der Waals surface area contributed by atoms with Gasteiger partial charge in [0.2, 0.25) is 0 Å². The first-order chi connectivity index (χ1) is 11.5. The summed E-state index contributed by atoms with van der Waals surface area (Å²) in [5, 5.41) is 2.38. The molecule has 2 heterocycles. The summed E-state index contributed by atoms with van der Waals surface area (Å²) in [6.07, 6.45) is 0. The van der Waals surface area contributed by atoms with E-state index in [1.165, 1.54) is 10.8 Å². The summed E-state index contributed by atoms with van der Waals surface area (Å²) in [7, 11) is 0. The first-order valence-corrected chi connectivity index (χ1v) is 9.33. The molecule has 0 unspecified atom stereocenters. The summed E-state index contributed by atoms with van der Waals surface area (Å²) in [4.78, 5) is 8.89. The Labute approximate surface area is 177 Å². The zero-order valence-electron chi connectivity index (χ0n) is 14.2. The van der Waals surface area contributed by atoms with E-state index in [9.17, 15) is 0 Å². The van der Waals surface area contributed by atoms with Crippen molar-refractivity contribution in [1.29, 1.82) is 0 Å². The number of rotatable bonds is 0. The molecule has 2 nitrogen and oxygen atoms in total. The normalized spacial score (nSPS) is 10.0. The standard InChI is InChI=1S/2C10H8NSe.Zn/c2*1-7-5-6-8-3-2-4-9(12)10(8)11-7;/h2*2-6H,1H3;. The van der Waals surface area contributed by atoms with Crippen LogP contribution in [-0.2, 0) is 19.5 Å². The predicted molar refractivity (Wildman–Crippen MR) is 104 cm³/mol. The molecule has 2 radical (unpaired) electrons. The Morgan fingerprint density at radius 3 is 1.40 bits per heavy atom. The number of pyridine rings is 2. The summed E-state index contributed by atoms with van der Waals surface area (Å²) < 4.78 is 2.24. The maximum Gasteiger partial charge on any atom is 0 e. The number of fused-ring (bicyclic) bond motifs is 2. The molecular formula is C20H16N2Se2Zn. The van der Waals surface area contributed by atoms with E-state index in [1.807, 2.05) is 50.2 Å². The van der Waals surface area contributed by atoms with E-state index in [0.29, 0.717) is 0 Å². The number of aryl methyl sites for hydroxylation is 2. The maximum absolute atomic E-state index is 4.44. The summed E-state index contributed by atoms with van der Waals surface area (Å²) in [6, 6.07) is 20.5. The Balaban J connectivity index is 0.000000173. The number of hydrogen-bond donors (Lipinski definition) is 0. The monoisotopic (exact) mass is 508 g/mol. The van der Waals surface area contributed by atoms with Gasteiger partial charge in [-0.3, -0.25) is 0 Å². The van der Waals surface area contributed by atoms with E-state index >= 15 is 0 Å². The Hall–Kier alpha value is -1.08. The number of aromatic nitrogens is 2. The van der Waals surface area contributed by atoms with Crippen molar-refractivity contribution >= 4 is 62.8 Å². The van der Waals surface area contributed by atoms with Crippen molar-refractivity contribution in [2.24, 2.45) is 0 Å². The number of benzene rings is 2. The van der Waals surface area contributed by atoms with Crippen LogP contribution in [0.15, 0.2) is 60.7 Å². The SMILES string of the molecule is Cc1ccc2cccc([Se])c2n1.Cc1ccc2cccc([Se])c2n1.[Zn]. The van der Waals surface area contributed by atoms with Crippen LogP contribution in [0.4, 0.5) is 0 Å². The zero-order valence-corrected chi connectivity index (χ0v) is 20.6. The van der Waals surface area contributed by atoms with Crippen LogP contribution < -0.4 is 8.92 Å². The van der Waals surface area contributed by atoms with E-state index < -0.39 is 0 Å². The fourth-order valence-electron chi connectivity index (χ4n) is 2.43. The van der Waals surface area contributed by atoms with Gasteiger partial charge < -0.3 is 0 Å². The molecule has 2 aromatic carbocycles. The van der Waals surface area contributed by atoms with Crippen molar-refractivity contribution in [2.45, 2.75) is 13.8 Å². The van der Waals surface area contributed by atoms with Crippen LogP contribution in [0, 0.1) is 13.8 Å². The van der Waals surface area contributed by atoms with Crippen molar-refractivity contribution < 1.29 is 19.5 Å². The number of nitrogens with zero attached hydrogens (tertiary/aromatic N) is 2. The molecule has 0 N–H and O–H groups in total. The summed E-state index contributed by atoms with van der Waals surface area (Å²) in [6.45, 7) is 4.01. The van der Waals surface area contributed by atoms with Crippen molar-refractivity contribution in [3.63, 3.8) is 0 Å². The molecule has 0 saturated carbocycles. The molecule has 0 aliphatic carbocycles. The molecule has 0 bridgehead atoms. The minimum atomic E-state index is 0. The molecule has 4 aromatic rings. The molecule has 5 heteroatoms. The molecule has 0 fully saturated rings. The Morgan fingerprint density at radius 2 is 1.00 bits per heavy atom. The maximum atomic E-state index is 4.44. The van der Waals surface area contributed by atoms with Crippen LogP contribution >= 0.6 is 0 Å². The van der Waals surface area contributed by atoms with Gasteiger partial charge in [-0.05, 0) is 0 Å². The van der Waals surface area contributed by atoms with E-state index in [4.69, 9.17) is 0 Å². The second kappa shape index (κ2) is 9.03. The molecule has 0 amide bonds. The average Bonchev–Trinajstić information content (AvgIpc) is 2.57. The minimum Gasteiger partial charge on any atom is 0 e. The van der Waals surface area contributed by atoms with Gasteiger partial charge in [0.25, 0.3) is 0 Å².